The molecule has 4 heteroatoms. The van der Waals surface area contributed by atoms with Gasteiger partial charge in [0.2, 0.25) is 0 Å². The highest BCUT2D eigenvalue weighted by Gasteiger charge is 2.19. The average Bonchev–Trinajstić information content (AvgIpc) is 2.69. The Labute approximate surface area is 143 Å². The lowest BCUT2D eigenvalue weighted by Crippen LogP contribution is -2.22. The largest absolute Gasteiger partial charge is 0.352 e. The minimum Gasteiger partial charge on any atom is -0.352 e. The van der Waals surface area contributed by atoms with Gasteiger partial charge in [0.05, 0.1) is 5.38 Å². The normalized spacial score (nSPS) is 15.8. The lowest BCUT2D eigenvalue weighted by atomic mass is 9.97. The Balaban J connectivity index is 2.00. The molecule has 2 aromatic rings. The van der Waals surface area contributed by atoms with Crippen LogP contribution in [0.1, 0.15) is 38.8 Å². The zero-order valence-electron chi connectivity index (χ0n) is 11.4. The smallest absolute Gasteiger partial charge is 0.251 e. The summed E-state index contributed by atoms with van der Waals surface area (Å²) < 4.78 is 1.13. The van der Waals surface area contributed by atoms with Gasteiger partial charge in [-0.2, -0.15) is 0 Å². The Hall–Kier alpha value is -1.07. The van der Waals surface area contributed by atoms with Gasteiger partial charge in [-0.25, -0.2) is 0 Å². The molecule has 2 aromatic carbocycles. The molecule has 2 nitrogen and oxygen atoms in total. The molecule has 108 valence electrons. The van der Waals surface area contributed by atoms with Crippen LogP contribution >= 0.6 is 34.2 Å². The SMILES string of the molecule is O=C1NCCCc2ccc(C(Cl)c3ccccc3I)cc21. The molecule has 21 heavy (non-hydrogen) atoms. The van der Waals surface area contributed by atoms with E-state index < -0.39 is 0 Å². The van der Waals surface area contributed by atoms with Gasteiger partial charge in [-0.15, -0.1) is 11.6 Å². The summed E-state index contributed by atoms with van der Waals surface area (Å²) >= 11 is 8.92. The van der Waals surface area contributed by atoms with Crippen LogP contribution in [0.15, 0.2) is 42.5 Å². The van der Waals surface area contributed by atoms with Gasteiger partial charge in [0.25, 0.3) is 5.91 Å². The Morgan fingerprint density at radius 1 is 1.19 bits per heavy atom. The summed E-state index contributed by atoms with van der Waals surface area (Å²) in [6, 6.07) is 14.1. The molecule has 1 heterocycles. The molecule has 0 saturated carbocycles. The van der Waals surface area contributed by atoms with Gasteiger partial charge in [0.15, 0.2) is 0 Å². The number of alkyl halides is 1. The highest BCUT2D eigenvalue weighted by atomic mass is 127. The molecule has 0 aliphatic carbocycles. The number of rotatable bonds is 2. The first-order valence-corrected chi connectivity index (χ1v) is 8.48. The monoisotopic (exact) mass is 411 g/mol. The Morgan fingerprint density at radius 2 is 2.00 bits per heavy atom. The second-order valence-electron chi connectivity index (χ2n) is 5.16. The van der Waals surface area contributed by atoms with Crippen molar-refractivity contribution in [1.29, 1.82) is 0 Å². The van der Waals surface area contributed by atoms with E-state index in [0.29, 0.717) is 0 Å². The van der Waals surface area contributed by atoms with Gasteiger partial charge in [-0.3, -0.25) is 4.79 Å². The second kappa shape index (κ2) is 6.36. The van der Waals surface area contributed by atoms with Crippen LogP contribution in [0.2, 0.25) is 0 Å². The Bertz CT molecular complexity index is 686. The standard InChI is InChI=1S/C17H15ClINO/c18-16(13-5-1-2-6-15(13)19)12-8-7-11-4-3-9-20-17(21)14(11)10-12/h1-2,5-8,10,16H,3-4,9H2,(H,20,21). The van der Waals surface area contributed by atoms with Crippen molar-refractivity contribution in [3.63, 3.8) is 0 Å². The fourth-order valence-electron chi connectivity index (χ4n) is 2.62. The highest BCUT2D eigenvalue weighted by molar-refractivity contribution is 14.1. The predicted octanol–water partition coefficient (Wildman–Crippen LogP) is 4.30. The quantitative estimate of drug-likeness (QED) is 0.579. The van der Waals surface area contributed by atoms with E-state index in [2.05, 4.69) is 27.9 Å². The Kier molecular flexibility index (Phi) is 4.50. The number of aryl methyl sites for hydroxylation is 1. The van der Waals surface area contributed by atoms with Gasteiger partial charge >= 0.3 is 0 Å². The number of fused-ring (bicyclic) bond motifs is 1. The molecule has 0 spiro atoms. The number of halogens is 2. The molecule has 1 aliphatic rings. The number of nitrogens with one attached hydrogen (secondary N) is 1. The predicted molar refractivity (Wildman–Crippen MR) is 94.0 cm³/mol. The van der Waals surface area contributed by atoms with Crippen LogP contribution in [0.25, 0.3) is 0 Å². The van der Waals surface area contributed by atoms with Crippen molar-refractivity contribution in [2.75, 3.05) is 6.54 Å². The van der Waals surface area contributed by atoms with E-state index in [-0.39, 0.29) is 11.3 Å². The summed E-state index contributed by atoms with van der Waals surface area (Å²) in [4.78, 5) is 12.1. The number of carbonyl (C=O) groups is 1. The second-order valence-corrected chi connectivity index (χ2v) is 6.76. The molecule has 0 radical (unpaired) electrons. The molecule has 1 aliphatic heterocycles. The van der Waals surface area contributed by atoms with Crippen LogP contribution in [-0.4, -0.2) is 12.5 Å². The van der Waals surface area contributed by atoms with Crippen molar-refractivity contribution >= 4 is 40.1 Å². The minimum atomic E-state index is -0.237. The summed E-state index contributed by atoms with van der Waals surface area (Å²) in [6.45, 7) is 0.740. The molecule has 3 rings (SSSR count). The molecule has 1 amide bonds. The Morgan fingerprint density at radius 3 is 2.81 bits per heavy atom. The third-order valence-corrected chi connectivity index (χ3v) is 5.23. The fourth-order valence-corrected chi connectivity index (χ4v) is 3.83. The number of benzene rings is 2. The average molecular weight is 412 g/mol. The summed E-state index contributed by atoms with van der Waals surface area (Å²) in [6.07, 6.45) is 1.92. The lowest BCUT2D eigenvalue weighted by Gasteiger charge is -2.14. The van der Waals surface area contributed by atoms with Crippen LogP contribution in [0.3, 0.4) is 0 Å². The van der Waals surface area contributed by atoms with Gasteiger partial charge in [-0.1, -0.05) is 30.3 Å². The molecule has 1 N–H and O–H groups in total. The van der Waals surface area contributed by atoms with E-state index in [0.717, 1.165) is 45.2 Å². The van der Waals surface area contributed by atoms with Crippen molar-refractivity contribution in [3.05, 3.63) is 68.3 Å². The molecule has 0 aromatic heterocycles. The van der Waals surface area contributed by atoms with Crippen molar-refractivity contribution in [3.8, 4) is 0 Å². The van der Waals surface area contributed by atoms with Gasteiger partial charge < -0.3 is 5.32 Å². The van der Waals surface area contributed by atoms with Gasteiger partial charge in [0, 0.05) is 15.7 Å². The summed E-state index contributed by atoms with van der Waals surface area (Å²) in [5.74, 6) is 0.0102. The van der Waals surface area contributed by atoms with Crippen molar-refractivity contribution in [2.24, 2.45) is 0 Å². The third-order valence-electron chi connectivity index (χ3n) is 3.76. The lowest BCUT2D eigenvalue weighted by molar-refractivity contribution is 0.0956. The van der Waals surface area contributed by atoms with E-state index in [1.54, 1.807) is 0 Å². The number of hydrogen-bond donors (Lipinski definition) is 1. The maximum absolute atomic E-state index is 12.1. The van der Waals surface area contributed by atoms with E-state index in [1.807, 2.05) is 42.5 Å². The van der Waals surface area contributed by atoms with Crippen LogP contribution in [-0.2, 0) is 6.42 Å². The van der Waals surface area contributed by atoms with Crippen LogP contribution in [0.5, 0.6) is 0 Å². The first-order chi connectivity index (χ1) is 10.2. The molecular weight excluding hydrogens is 397 g/mol. The van der Waals surface area contributed by atoms with E-state index in [1.165, 1.54) is 0 Å². The molecule has 0 saturated heterocycles. The highest BCUT2D eigenvalue weighted by Crippen LogP contribution is 2.33. The van der Waals surface area contributed by atoms with E-state index >= 15 is 0 Å². The molecular formula is C17H15ClINO. The summed E-state index contributed by atoms with van der Waals surface area (Å²) in [5, 5.41) is 2.70. The summed E-state index contributed by atoms with van der Waals surface area (Å²) in [7, 11) is 0. The first-order valence-electron chi connectivity index (χ1n) is 6.96. The summed E-state index contributed by atoms with van der Waals surface area (Å²) in [5.41, 5.74) is 3.92. The minimum absolute atomic E-state index is 0.0102. The van der Waals surface area contributed by atoms with Crippen molar-refractivity contribution < 1.29 is 4.79 Å². The maximum atomic E-state index is 12.1. The maximum Gasteiger partial charge on any atom is 0.251 e. The van der Waals surface area contributed by atoms with Gasteiger partial charge in [-0.05, 0) is 64.3 Å². The van der Waals surface area contributed by atoms with E-state index in [4.69, 9.17) is 11.6 Å². The molecule has 1 unspecified atom stereocenters. The third kappa shape index (κ3) is 3.09. The molecule has 1 atom stereocenters. The molecule has 0 fully saturated rings. The topological polar surface area (TPSA) is 29.1 Å². The zero-order chi connectivity index (χ0) is 14.8. The first kappa shape index (κ1) is 14.9. The van der Waals surface area contributed by atoms with Crippen molar-refractivity contribution in [1.82, 2.24) is 5.32 Å². The fraction of sp³-hybridized carbons (Fsp3) is 0.235. The van der Waals surface area contributed by atoms with Crippen LogP contribution < -0.4 is 5.32 Å². The number of carbonyl (C=O) groups excluding carboxylic acids is 1. The van der Waals surface area contributed by atoms with Gasteiger partial charge in [0.1, 0.15) is 0 Å². The van der Waals surface area contributed by atoms with Crippen molar-refractivity contribution in [2.45, 2.75) is 18.2 Å². The molecule has 0 bridgehead atoms. The number of hydrogen-bond acceptors (Lipinski definition) is 1. The van der Waals surface area contributed by atoms with E-state index in [9.17, 15) is 4.79 Å². The van der Waals surface area contributed by atoms with Crippen LogP contribution in [0, 0.1) is 3.57 Å². The number of amides is 1. The van der Waals surface area contributed by atoms with Crippen LogP contribution in [0.4, 0.5) is 0 Å². The zero-order valence-corrected chi connectivity index (χ0v) is 14.3.